The van der Waals surface area contributed by atoms with Crippen LogP contribution in [-0.2, 0) is 17.9 Å². The van der Waals surface area contributed by atoms with Crippen LogP contribution >= 0.6 is 11.8 Å². The van der Waals surface area contributed by atoms with Crippen molar-refractivity contribution in [3.63, 3.8) is 0 Å². The molecule has 2 aromatic carbocycles. The van der Waals surface area contributed by atoms with E-state index < -0.39 is 0 Å². The Morgan fingerprint density at radius 3 is 2.71 bits per heavy atom. The molecule has 144 valence electrons. The van der Waals surface area contributed by atoms with Crippen molar-refractivity contribution in [2.24, 2.45) is 0 Å². The highest BCUT2D eigenvalue weighted by atomic mass is 32.2. The van der Waals surface area contributed by atoms with Gasteiger partial charge in [0, 0.05) is 0 Å². The molecule has 1 aliphatic heterocycles. The van der Waals surface area contributed by atoms with Crippen LogP contribution in [0.3, 0.4) is 0 Å². The SMILES string of the molecule is COc1cc(C2SCC(=O)N2Cc2ccco2)ccc1OCc1ccccc1. The summed E-state index contributed by atoms with van der Waals surface area (Å²) in [5.41, 5.74) is 2.10. The maximum Gasteiger partial charge on any atom is 0.234 e. The van der Waals surface area contributed by atoms with Gasteiger partial charge in [0.2, 0.25) is 5.91 Å². The molecule has 1 fully saturated rings. The highest BCUT2D eigenvalue weighted by Crippen LogP contribution is 2.42. The summed E-state index contributed by atoms with van der Waals surface area (Å²) in [5.74, 6) is 2.68. The van der Waals surface area contributed by atoms with Gasteiger partial charge in [0.1, 0.15) is 17.7 Å². The molecule has 4 rings (SSSR count). The van der Waals surface area contributed by atoms with Crippen LogP contribution in [0.2, 0.25) is 0 Å². The Labute approximate surface area is 168 Å². The lowest BCUT2D eigenvalue weighted by atomic mass is 10.1. The van der Waals surface area contributed by atoms with E-state index in [9.17, 15) is 4.79 Å². The van der Waals surface area contributed by atoms with E-state index in [1.54, 1.807) is 25.1 Å². The molecule has 1 unspecified atom stereocenters. The minimum absolute atomic E-state index is 0.0744. The lowest BCUT2D eigenvalue weighted by Gasteiger charge is -2.24. The number of methoxy groups -OCH3 is 1. The van der Waals surface area contributed by atoms with Crippen molar-refractivity contribution in [1.82, 2.24) is 4.90 Å². The second-order valence-electron chi connectivity index (χ2n) is 6.45. The lowest BCUT2D eigenvalue weighted by Crippen LogP contribution is -2.27. The van der Waals surface area contributed by atoms with Gasteiger partial charge >= 0.3 is 0 Å². The van der Waals surface area contributed by atoms with Crippen LogP contribution in [0.15, 0.2) is 71.3 Å². The van der Waals surface area contributed by atoms with E-state index in [2.05, 4.69) is 0 Å². The van der Waals surface area contributed by atoms with Gasteiger partial charge in [-0.3, -0.25) is 4.79 Å². The minimum atomic E-state index is -0.0744. The average molecular weight is 395 g/mol. The van der Waals surface area contributed by atoms with Gasteiger partial charge < -0.3 is 18.8 Å². The van der Waals surface area contributed by atoms with E-state index in [-0.39, 0.29) is 11.3 Å². The van der Waals surface area contributed by atoms with Gasteiger partial charge in [0.05, 0.1) is 25.7 Å². The maximum absolute atomic E-state index is 12.4. The van der Waals surface area contributed by atoms with Crippen LogP contribution in [0, 0.1) is 0 Å². The molecule has 1 atom stereocenters. The summed E-state index contributed by atoms with van der Waals surface area (Å²) in [6.45, 7) is 0.926. The number of amides is 1. The Hall–Kier alpha value is -2.86. The third-order valence-corrected chi connectivity index (χ3v) is 5.84. The second kappa shape index (κ2) is 8.44. The average Bonchev–Trinajstić information content (AvgIpc) is 3.38. The van der Waals surface area contributed by atoms with Crippen LogP contribution in [0.25, 0.3) is 0 Å². The van der Waals surface area contributed by atoms with E-state index in [1.807, 2.05) is 65.6 Å². The fourth-order valence-electron chi connectivity index (χ4n) is 3.16. The monoisotopic (exact) mass is 395 g/mol. The first-order valence-electron chi connectivity index (χ1n) is 9.02. The Bertz CT molecular complexity index is 927. The first-order chi connectivity index (χ1) is 13.7. The number of nitrogens with zero attached hydrogens (tertiary/aromatic N) is 1. The molecule has 1 aromatic heterocycles. The highest BCUT2D eigenvalue weighted by molar-refractivity contribution is 8.00. The first kappa shape index (κ1) is 18.5. The fraction of sp³-hybridized carbons (Fsp3) is 0.227. The molecule has 0 spiro atoms. The van der Waals surface area contributed by atoms with E-state index in [0.717, 1.165) is 16.9 Å². The number of hydrogen-bond acceptors (Lipinski definition) is 5. The van der Waals surface area contributed by atoms with Crippen molar-refractivity contribution in [3.05, 3.63) is 83.8 Å². The zero-order valence-electron chi connectivity index (χ0n) is 15.5. The van der Waals surface area contributed by atoms with Crippen LogP contribution in [-0.4, -0.2) is 23.7 Å². The standard InChI is InChI=1S/C22H21NO4S/c1-25-20-12-17(9-10-19(20)27-14-16-6-3-2-4-7-16)22-23(21(24)15-28-22)13-18-8-5-11-26-18/h2-12,22H,13-15H2,1H3. The number of carbonyl (C=O) groups excluding carboxylic acids is 1. The molecule has 0 radical (unpaired) electrons. The summed E-state index contributed by atoms with van der Waals surface area (Å²) in [5, 5.41) is -0.0744. The Morgan fingerprint density at radius 1 is 1.11 bits per heavy atom. The molecule has 0 bridgehead atoms. The smallest absolute Gasteiger partial charge is 0.234 e. The zero-order chi connectivity index (χ0) is 19.3. The molecular weight excluding hydrogens is 374 g/mol. The number of furan rings is 1. The van der Waals surface area contributed by atoms with Gasteiger partial charge in [-0.25, -0.2) is 0 Å². The summed E-state index contributed by atoms with van der Waals surface area (Å²) < 4.78 is 16.9. The minimum Gasteiger partial charge on any atom is -0.493 e. The lowest BCUT2D eigenvalue weighted by molar-refractivity contribution is -0.128. The van der Waals surface area contributed by atoms with Crippen molar-refractivity contribution < 1.29 is 18.7 Å². The largest absolute Gasteiger partial charge is 0.493 e. The Balaban J connectivity index is 1.52. The Morgan fingerprint density at radius 2 is 1.96 bits per heavy atom. The van der Waals surface area contributed by atoms with Gasteiger partial charge in [-0.05, 0) is 35.4 Å². The van der Waals surface area contributed by atoms with Crippen molar-refractivity contribution >= 4 is 17.7 Å². The maximum atomic E-state index is 12.4. The number of rotatable bonds is 7. The summed E-state index contributed by atoms with van der Waals surface area (Å²) in [6.07, 6.45) is 1.62. The van der Waals surface area contributed by atoms with E-state index in [4.69, 9.17) is 13.9 Å². The zero-order valence-corrected chi connectivity index (χ0v) is 16.4. The third-order valence-electron chi connectivity index (χ3n) is 4.58. The highest BCUT2D eigenvalue weighted by Gasteiger charge is 2.33. The molecule has 3 aromatic rings. The molecule has 6 heteroatoms. The molecule has 1 amide bonds. The van der Waals surface area contributed by atoms with Gasteiger partial charge in [-0.2, -0.15) is 0 Å². The molecule has 0 N–H and O–H groups in total. The van der Waals surface area contributed by atoms with Crippen LogP contribution in [0.1, 0.15) is 22.3 Å². The molecular formula is C22H21NO4S. The third kappa shape index (κ3) is 4.02. The van der Waals surface area contributed by atoms with Gasteiger partial charge in [-0.1, -0.05) is 36.4 Å². The Kier molecular flexibility index (Phi) is 5.58. The summed E-state index contributed by atoms with van der Waals surface area (Å²) >= 11 is 1.61. The quantitative estimate of drug-likeness (QED) is 0.583. The van der Waals surface area contributed by atoms with Crippen LogP contribution in [0.5, 0.6) is 11.5 Å². The van der Waals surface area contributed by atoms with Gasteiger partial charge in [0.25, 0.3) is 0 Å². The number of carbonyl (C=O) groups is 1. The van der Waals surface area contributed by atoms with Crippen molar-refractivity contribution in [2.45, 2.75) is 18.5 Å². The topological polar surface area (TPSA) is 51.9 Å². The summed E-state index contributed by atoms with van der Waals surface area (Å²) in [6, 6.07) is 19.6. The van der Waals surface area contributed by atoms with Gasteiger partial charge in [0.15, 0.2) is 11.5 Å². The second-order valence-corrected chi connectivity index (χ2v) is 7.52. The molecule has 0 aliphatic carbocycles. The molecule has 0 saturated carbocycles. The van der Waals surface area contributed by atoms with Crippen molar-refractivity contribution in [1.29, 1.82) is 0 Å². The van der Waals surface area contributed by atoms with Crippen molar-refractivity contribution in [2.75, 3.05) is 12.9 Å². The number of hydrogen-bond donors (Lipinski definition) is 0. The predicted octanol–water partition coefficient (Wildman–Crippen LogP) is 4.64. The molecule has 5 nitrogen and oxygen atoms in total. The van der Waals surface area contributed by atoms with Crippen molar-refractivity contribution in [3.8, 4) is 11.5 Å². The molecule has 28 heavy (non-hydrogen) atoms. The molecule has 2 heterocycles. The van der Waals surface area contributed by atoms with Crippen LogP contribution < -0.4 is 9.47 Å². The summed E-state index contributed by atoms with van der Waals surface area (Å²) in [7, 11) is 1.63. The number of thioether (sulfide) groups is 1. The normalized spacial score (nSPS) is 16.4. The molecule has 1 aliphatic rings. The molecule has 1 saturated heterocycles. The van der Waals surface area contributed by atoms with E-state index in [1.165, 1.54) is 0 Å². The predicted molar refractivity (Wildman–Crippen MR) is 108 cm³/mol. The van der Waals surface area contributed by atoms with E-state index in [0.29, 0.717) is 30.4 Å². The van der Waals surface area contributed by atoms with Gasteiger partial charge in [-0.15, -0.1) is 11.8 Å². The number of ether oxygens (including phenoxy) is 2. The van der Waals surface area contributed by atoms with Crippen LogP contribution in [0.4, 0.5) is 0 Å². The number of benzene rings is 2. The fourth-order valence-corrected chi connectivity index (χ4v) is 4.34. The van der Waals surface area contributed by atoms with E-state index >= 15 is 0 Å². The first-order valence-corrected chi connectivity index (χ1v) is 10.1. The summed E-state index contributed by atoms with van der Waals surface area (Å²) in [4.78, 5) is 14.2.